The van der Waals surface area contributed by atoms with Gasteiger partial charge in [-0.15, -0.1) is 24.0 Å². The molecular weight excluding hydrogens is 519 g/mol. The first-order valence-electron chi connectivity index (χ1n) is 11.9. The molecular formula is C23H43IN6O2. The van der Waals surface area contributed by atoms with E-state index in [1.807, 2.05) is 20.9 Å². The van der Waals surface area contributed by atoms with E-state index in [-0.39, 0.29) is 24.0 Å². The van der Waals surface area contributed by atoms with Crippen molar-refractivity contribution in [2.75, 3.05) is 60.0 Å². The van der Waals surface area contributed by atoms with Crippen LogP contribution in [0.15, 0.2) is 9.41 Å². The Morgan fingerprint density at radius 2 is 1.81 bits per heavy atom. The van der Waals surface area contributed by atoms with E-state index in [0.717, 1.165) is 82.1 Å². The molecule has 1 aromatic rings. The summed E-state index contributed by atoms with van der Waals surface area (Å²) in [6.45, 7) is 12.3. The number of rotatable bonds is 9. The minimum Gasteiger partial charge on any atom is -0.444 e. The van der Waals surface area contributed by atoms with Crippen molar-refractivity contribution in [1.82, 2.24) is 25.4 Å². The van der Waals surface area contributed by atoms with Crippen LogP contribution in [0.5, 0.6) is 0 Å². The Balaban J connectivity index is 0.00000363. The largest absolute Gasteiger partial charge is 0.444 e. The molecule has 2 fully saturated rings. The van der Waals surface area contributed by atoms with Crippen LogP contribution in [-0.2, 0) is 11.3 Å². The Bertz CT molecular complexity index is 663. The number of hydrogen-bond acceptors (Lipinski definition) is 6. The van der Waals surface area contributed by atoms with Gasteiger partial charge < -0.3 is 24.7 Å². The molecule has 8 nitrogen and oxygen atoms in total. The molecule has 0 amide bonds. The maximum absolute atomic E-state index is 5.74. The third kappa shape index (κ3) is 8.79. The smallest absolute Gasteiger partial charge is 0.208 e. The quantitative estimate of drug-likeness (QED) is 0.208. The summed E-state index contributed by atoms with van der Waals surface area (Å²) in [6.07, 6.45) is 5.86. The lowest BCUT2D eigenvalue weighted by atomic mass is 9.97. The minimum absolute atomic E-state index is 0. The molecule has 0 aliphatic carbocycles. The van der Waals surface area contributed by atoms with Gasteiger partial charge >= 0.3 is 0 Å². The van der Waals surface area contributed by atoms with Gasteiger partial charge in [0.2, 0.25) is 5.89 Å². The van der Waals surface area contributed by atoms with Crippen molar-refractivity contribution >= 4 is 29.9 Å². The fourth-order valence-electron chi connectivity index (χ4n) is 4.51. The predicted octanol–water partition coefficient (Wildman–Crippen LogP) is 2.79. The molecule has 184 valence electrons. The molecule has 0 bridgehead atoms. The highest BCUT2D eigenvalue weighted by molar-refractivity contribution is 14.0. The van der Waals surface area contributed by atoms with Crippen molar-refractivity contribution in [1.29, 1.82) is 0 Å². The SMILES string of the molecule is CN=C(NCC1CCN(Cc2nc(C)c(C)o2)CC1)NC1CCN(CCCOC)CC1.I. The van der Waals surface area contributed by atoms with Crippen molar-refractivity contribution in [2.45, 2.75) is 58.5 Å². The van der Waals surface area contributed by atoms with Crippen molar-refractivity contribution in [3.8, 4) is 0 Å². The number of hydrogen-bond donors (Lipinski definition) is 2. The first kappa shape index (κ1) is 27.3. The van der Waals surface area contributed by atoms with Crippen LogP contribution in [0.3, 0.4) is 0 Å². The molecule has 3 heterocycles. The molecule has 2 aliphatic heterocycles. The molecule has 0 saturated carbocycles. The number of nitrogens with one attached hydrogen (secondary N) is 2. The van der Waals surface area contributed by atoms with Crippen LogP contribution >= 0.6 is 24.0 Å². The molecule has 1 aromatic heterocycles. The van der Waals surface area contributed by atoms with Gasteiger partial charge in [-0.2, -0.15) is 0 Å². The molecule has 2 saturated heterocycles. The van der Waals surface area contributed by atoms with Crippen molar-refractivity contribution < 1.29 is 9.15 Å². The summed E-state index contributed by atoms with van der Waals surface area (Å²) in [5.41, 5.74) is 1.00. The maximum atomic E-state index is 5.74. The molecule has 0 radical (unpaired) electrons. The van der Waals surface area contributed by atoms with E-state index in [2.05, 4.69) is 30.4 Å². The number of aromatic nitrogens is 1. The zero-order valence-electron chi connectivity index (χ0n) is 20.4. The number of halogens is 1. The van der Waals surface area contributed by atoms with Crippen LogP contribution < -0.4 is 10.6 Å². The topological polar surface area (TPSA) is 78.2 Å². The summed E-state index contributed by atoms with van der Waals surface area (Å²) in [5, 5.41) is 7.21. The maximum Gasteiger partial charge on any atom is 0.208 e. The molecule has 2 aliphatic rings. The molecule has 0 aromatic carbocycles. The number of aliphatic imine (C=N–C) groups is 1. The number of aryl methyl sites for hydroxylation is 2. The number of oxazole rings is 1. The van der Waals surface area contributed by atoms with Crippen LogP contribution in [0.25, 0.3) is 0 Å². The monoisotopic (exact) mass is 562 g/mol. The summed E-state index contributed by atoms with van der Waals surface area (Å²) in [7, 11) is 3.65. The summed E-state index contributed by atoms with van der Waals surface area (Å²) in [5.74, 6) is 3.42. The zero-order valence-corrected chi connectivity index (χ0v) is 22.7. The van der Waals surface area contributed by atoms with Crippen LogP contribution in [0.4, 0.5) is 0 Å². The van der Waals surface area contributed by atoms with E-state index < -0.39 is 0 Å². The Morgan fingerprint density at radius 3 is 2.41 bits per heavy atom. The molecule has 0 atom stereocenters. The summed E-state index contributed by atoms with van der Waals surface area (Å²) < 4.78 is 10.9. The lowest BCUT2D eigenvalue weighted by Gasteiger charge is -2.34. The second-order valence-electron chi connectivity index (χ2n) is 9.03. The highest BCUT2D eigenvalue weighted by Gasteiger charge is 2.22. The molecule has 2 N–H and O–H groups in total. The second-order valence-corrected chi connectivity index (χ2v) is 9.03. The van der Waals surface area contributed by atoms with Gasteiger partial charge in [-0.05, 0) is 65.0 Å². The van der Waals surface area contributed by atoms with Crippen molar-refractivity contribution in [3.63, 3.8) is 0 Å². The van der Waals surface area contributed by atoms with E-state index in [0.29, 0.717) is 12.0 Å². The van der Waals surface area contributed by atoms with Gasteiger partial charge in [0.05, 0.1) is 12.2 Å². The van der Waals surface area contributed by atoms with Gasteiger partial charge in [0.15, 0.2) is 5.96 Å². The van der Waals surface area contributed by atoms with Crippen LogP contribution in [0.1, 0.15) is 49.4 Å². The number of piperidine rings is 2. The van der Waals surface area contributed by atoms with E-state index in [9.17, 15) is 0 Å². The van der Waals surface area contributed by atoms with Gasteiger partial charge in [-0.1, -0.05) is 0 Å². The first-order chi connectivity index (χ1) is 15.1. The number of ether oxygens (including phenoxy) is 1. The van der Waals surface area contributed by atoms with Gasteiger partial charge in [-0.25, -0.2) is 4.98 Å². The third-order valence-corrected chi connectivity index (χ3v) is 6.67. The van der Waals surface area contributed by atoms with Crippen molar-refractivity contribution in [3.05, 3.63) is 17.3 Å². The van der Waals surface area contributed by atoms with Gasteiger partial charge in [-0.3, -0.25) is 9.89 Å². The number of methoxy groups -OCH3 is 1. The van der Waals surface area contributed by atoms with Gasteiger partial charge in [0, 0.05) is 53.0 Å². The summed E-state index contributed by atoms with van der Waals surface area (Å²) in [6, 6.07) is 0.513. The lowest BCUT2D eigenvalue weighted by molar-refractivity contribution is 0.155. The number of likely N-dealkylation sites (tertiary alicyclic amines) is 2. The standard InChI is InChI=1S/C23H42N6O2.HI/c1-18-19(2)31-22(26-18)17-29-11-6-20(7-12-29)16-25-23(24-3)27-21-8-13-28(14-9-21)10-5-15-30-4;/h20-21H,5-17H2,1-4H3,(H2,24,25,27);1H. The highest BCUT2D eigenvalue weighted by atomic mass is 127. The Kier molecular flexibility index (Phi) is 12.3. The molecule has 9 heteroatoms. The number of nitrogens with zero attached hydrogens (tertiary/aromatic N) is 4. The van der Waals surface area contributed by atoms with Crippen LogP contribution in [-0.4, -0.2) is 86.8 Å². The average Bonchev–Trinajstić information content (AvgIpc) is 3.10. The fraction of sp³-hybridized carbons (Fsp3) is 0.826. The normalized spacial score (nSPS) is 19.7. The summed E-state index contributed by atoms with van der Waals surface area (Å²) >= 11 is 0. The lowest BCUT2D eigenvalue weighted by Crippen LogP contribution is -2.50. The molecule has 32 heavy (non-hydrogen) atoms. The Morgan fingerprint density at radius 1 is 1.12 bits per heavy atom. The third-order valence-electron chi connectivity index (χ3n) is 6.67. The average molecular weight is 563 g/mol. The van der Waals surface area contributed by atoms with E-state index >= 15 is 0 Å². The zero-order chi connectivity index (χ0) is 22.1. The Hall–Kier alpha value is -0.910. The predicted molar refractivity (Wildman–Crippen MR) is 140 cm³/mol. The van der Waals surface area contributed by atoms with E-state index in [1.54, 1.807) is 7.11 Å². The number of guanidine groups is 1. The Labute approximate surface area is 211 Å². The first-order valence-corrected chi connectivity index (χ1v) is 11.9. The van der Waals surface area contributed by atoms with E-state index in [1.165, 1.54) is 25.7 Å². The van der Waals surface area contributed by atoms with Crippen molar-refractivity contribution in [2.24, 2.45) is 10.9 Å². The summed E-state index contributed by atoms with van der Waals surface area (Å²) in [4.78, 5) is 14.0. The second kappa shape index (κ2) is 14.4. The van der Waals surface area contributed by atoms with Crippen LogP contribution in [0.2, 0.25) is 0 Å². The van der Waals surface area contributed by atoms with Gasteiger partial charge in [0.1, 0.15) is 5.76 Å². The van der Waals surface area contributed by atoms with E-state index in [4.69, 9.17) is 9.15 Å². The minimum atomic E-state index is 0. The molecule has 3 rings (SSSR count). The van der Waals surface area contributed by atoms with Gasteiger partial charge in [0.25, 0.3) is 0 Å². The molecule has 0 spiro atoms. The van der Waals surface area contributed by atoms with Crippen LogP contribution in [0, 0.1) is 19.8 Å². The molecule has 0 unspecified atom stereocenters. The fourth-order valence-corrected chi connectivity index (χ4v) is 4.51. The highest BCUT2D eigenvalue weighted by Crippen LogP contribution is 2.19.